The first-order valence-electron chi connectivity index (χ1n) is 6.67. The van der Waals surface area contributed by atoms with Crippen LogP contribution in [0.1, 0.15) is 15.9 Å². The molecule has 2 aromatic rings. The fourth-order valence-electron chi connectivity index (χ4n) is 1.99. The first-order valence-corrected chi connectivity index (χ1v) is 6.67. The van der Waals surface area contributed by atoms with Crippen LogP contribution in [0.5, 0.6) is 0 Å². The molecule has 0 bridgehead atoms. The van der Waals surface area contributed by atoms with Gasteiger partial charge in [0.25, 0.3) is 5.91 Å². The zero-order valence-electron chi connectivity index (χ0n) is 11.9. The normalized spacial score (nSPS) is 11.8. The number of amides is 2. The molecule has 0 unspecified atom stereocenters. The molecule has 2 amide bonds. The quantitative estimate of drug-likeness (QED) is 0.883. The number of primary amides is 1. The number of nitrogens with one attached hydrogen (secondary N) is 1. The van der Waals surface area contributed by atoms with Crippen LogP contribution >= 0.6 is 0 Å². The van der Waals surface area contributed by atoms with Gasteiger partial charge in [0.2, 0.25) is 5.91 Å². The molecule has 0 fully saturated rings. The third-order valence-corrected chi connectivity index (χ3v) is 3.21. The highest BCUT2D eigenvalue weighted by Gasteiger charge is 2.21. The van der Waals surface area contributed by atoms with E-state index in [9.17, 15) is 22.8 Å². The first kappa shape index (κ1) is 16.5. The number of hydrogen-bond donors (Lipinski definition) is 2. The highest BCUT2D eigenvalue weighted by Crippen LogP contribution is 2.11. The molecule has 1 atom stereocenters. The van der Waals surface area contributed by atoms with Crippen LogP contribution in [0.4, 0.5) is 13.2 Å². The second-order valence-electron chi connectivity index (χ2n) is 4.85. The number of nitrogens with two attached hydrogens (primary N) is 1. The number of benzene rings is 2. The Hall–Kier alpha value is -2.83. The van der Waals surface area contributed by atoms with E-state index in [-0.39, 0.29) is 17.5 Å². The largest absolute Gasteiger partial charge is 0.368 e. The predicted molar refractivity (Wildman–Crippen MR) is 76.9 cm³/mol. The fourth-order valence-corrected chi connectivity index (χ4v) is 1.99. The smallest absolute Gasteiger partial charge is 0.252 e. The summed E-state index contributed by atoms with van der Waals surface area (Å²) in [5, 5.41) is 2.29. The van der Waals surface area contributed by atoms with Crippen LogP contribution in [-0.2, 0) is 11.2 Å². The minimum absolute atomic E-state index is 0.155. The van der Waals surface area contributed by atoms with Crippen LogP contribution in [-0.4, -0.2) is 17.9 Å². The van der Waals surface area contributed by atoms with Crippen LogP contribution in [0, 0.1) is 17.5 Å². The van der Waals surface area contributed by atoms with Gasteiger partial charge < -0.3 is 11.1 Å². The summed E-state index contributed by atoms with van der Waals surface area (Å²) < 4.78 is 39.6. The van der Waals surface area contributed by atoms with Crippen molar-refractivity contribution >= 4 is 11.8 Å². The van der Waals surface area contributed by atoms with Crippen molar-refractivity contribution in [2.24, 2.45) is 5.73 Å². The summed E-state index contributed by atoms with van der Waals surface area (Å²) in [7, 11) is 0. The summed E-state index contributed by atoms with van der Waals surface area (Å²) in [4.78, 5) is 23.5. The third kappa shape index (κ3) is 4.09. The summed E-state index contributed by atoms with van der Waals surface area (Å²) in [5.41, 5.74) is 5.22. The van der Waals surface area contributed by atoms with E-state index in [4.69, 9.17) is 5.73 Å². The average Bonchev–Trinajstić information content (AvgIpc) is 2.51. The molecule has 0 aromatic heterocycles. The minimum Gasteiger partial charge on any atom is -0.368 e. The summed E-state index contributed by atoms with van der Waals surface area (Å²) in [6.07, 6.45) is -0.155. The fraction of sp³-hybridized carbons (Fsp3) is 0.125. The number of rotatable bonds is 5. The lowest BCUT2D eigenvalue weighted by atomic mass is 10.0. The van der Waals surface area contributed by atoms with E-state index in [0.717, 1.165) is 12.1 Å². The van der Waals surface area contributed by atoms with Crippen LogP contribution in [0.15, 0.2) is 42.5 Å². The third-order valence-electron chi connectivity index (χ3n) is 3.21. The number of carbonyl (C=O) groups excluding carboxylic acids is 2. The predicted octanol–water partition coefficient (Wildman–Crippen LogP) is 1.93. The van der Waals surface area contributed by atoms with E-state index in [0.29, 0.717) is 6.07 Å². The lowest BCUT2D eigenvalue weighted by molar-refractivity contribution is -0.119. The number of halogens is 3. The topological polar surface area (TPSA) is 72.2 Å². The highest BCUT2D eigenvalue weighted by atomic mass is 19.2. The van der Waals surface area contributed by atoms with E-state index in [1.54, 1.807) is 6.07 Å². The number of carbonyl (C=O) groups is 2. The first-order chi connectivity index (χ1) is 10.9. The lowest BCUT2D eigenvalue weighted by Gasteiger charge is -2.16. The van der Waals surface area contributed by atoms with Gasteiger partial charge in [0.05, 0.1) is 0 Å². The van der Waals surface area contributed by atoms with Crippen molar-refractivity contribution < 1.29 is 22.8 Å². The maximum absolute atomic E-state index is 13.6. The standard InChI is InChI=1S/C16H13F3N2O2/c17-11-4-2-1-3-9(11)8-14(15(20)22)21-16(23)10-5-6-12(18)13(19)7-10/h1-7,14H,8H2,(H2,20,22)(H,21,23)/t14-/m0/s1. The van der Waals surface area contributed by atoms with E-state index >= 15 is 0 Å². The van der Waals surface area contributed by atoms with Gasteiger partial charge in [-0.05, 0) is 29.8 Å². The van der Waals surface area contributed by atoms with E-state index in [1.165, 1.54) is 18.2 Å². The van der Waals surface area contributed by atoms with Gasteiger partial charge in [-0.25, -0.2) is 13.2 Å². The molecule has 0 aliphatic heterocycles. The van der Waals surface area contributed by atoms with E-state index in [2.05, 4.69) is 5.32 Å². The molecular formula is C16H13F3N2O2. The SMILES string of the molecule is NC(=O)[C@H](Cc1ccccc1F)NC(=O)c1ccc(F)c(F)c1. The Morgan fingerprint density at radius 2 is 1.70 bits per heavy atom. The summed E-state index contributed by atoms with van der Waals surface area (Å²) >= 11 is 0. The molecule has 2 aromatic carbocycles. The molecule has 0 heterocycles. The van der Waals surface area contributed by atoms with Crippen molar-refractivity contribution in [3.05, 3.63) is 71.0 Å². The van der Waals surface area contributed by atoms with Gasteiger partial charge in [0, 0.05) is 12.0 Å². The van der Waals surface area contributed by atoms with Crippen molar-refractivity contribution in [2.45, 2.75) is 12.5 Å². The van der Waals surface area contributed by atoms with E-state index in [1.807, 2.05) is 0 Å². The molecule has 0 radical (unpaired) electrons. The van der Waals surface area contributed by atoms with Crippen molar-refractivity contribution in [2.75, 3.05) is 0 Å². The van der Waals surface area contributed by atoms with Gasteiger partial charge in [-0.3, -0.25) is 9.59 Å². The van der Waals surface area contributed by atoms with Gasteiger partial charge >= 0.3 is 0 Å². The van der Waals surface area contributed by atoms with E-state index < -0.39 is 35.3 Å². The second kappa shape index (κ2) is 6.95. The Balaban J connectivity index is 2.16. The molecule has 7 heteroatoms. The molecule has 0 saturated carbocycles. The van der Waals surface area contributed by atoms with Gasteiger partial charge in [0.1, 0.15) is 11.9 Å². The van der Waals surface area contributed by atoms with Crippen LogP contribution in [0.2, 0.25) is 0 Å². The highest BCUT2D eigenvalue weighted by molar-refractivity contribution is 5.97. The molecule has 0 aliphatic rings. The monoisotopic (exact) mass is 322 g/mol. The molecule has 2 rings (SSSR count). The molecular weight excluding hydrogens is 309 g/mol. The molecule has 0 spiro atoms. The Morgan fingerprint density at radius 3 is 2.30 bits per heavy atom. The summed E-state index contributed by atoms with van der Waals surface area (Å²) in [6.45, 7) is 0. The zero-order chi connectivity index (χ0) is 17.0. The molecule has 4 nitrogen and oxygen atoms in total. The molecule has 0 saturated heterocycles. The van der Waals surface area contributed by atoms with Crippen molar-refractivity contribution in [1.82, 2.24) is 5.32 Å². The zero-order valence-corrected chi connectivity index (χ0v) is 11.9. The van der Waals surface area contributed by atoms with Gasteiger partial charge in [-0.2, -0.15) is 0 Å². The maximum atomic E-state index is 13.6. The maximum Gasteiger partial charge on any atom is 0.252 e. The van der Waals surface area contributed by atoms with Crippen LogP contribution < -0.4 is 11.1 Å². The average molecular weight is 322 g/mol. The van der Waals surface area contributed by atoms with Crippen molar-refractivity contribution in [3.8, 4) is 0 Å². The van der Waals surface area contributed by atoms with Crippen LogP contribution in [0.3, 0.4) is 0 Å². The Labute approximate surface area is 130 Å². The van der Waals surface area contributed by atoms with Gasteiger partial charge in [0.15, 0.2) is 11.6 Å². The second-order valence-corrected chi connectivity index (χ2v) is 4.85. The van der Waals surface area contributed by atoms with Crippen molar-refractivity contribution in [1.29, 1.82) is 0 Å². The lowest BCUT2D eigenvalue weighted by Crippen LogP contribution is -2.46. The Kier molecular flexibility index (Phi) is 5.00. The summed E-state index contributed by atoms with van der Waals surface area (Å²) in [6, 6.07) is 7.10. The van der Waals surface area contributed by atoms with Gasteiger partial charge in [-0.1, -0.05) is 18.2 Å². The minimum atomic E-state index is -1.19. The van der Waals surface area contributed by atoms with Gasteiger partial charge in [-0.15, -0.1) is 0 Å². The van der Waals surface area contributed by atoms with Crippen molar-refractivity contribution in [3.63, 3.8) is 0 Å². The Bertz CT molecular complexity index is 750. The molecule has 120 valence electrons. The molecule has 3 N–H and O–H groups in total. The molecule has 0 aliphatic carbocycles. The van der Waals surface area contributed by atoms with Crippen LogP contribution in [0.25, 0.3) is 0 Å². The summed E-state index contributed by atoms with van der Waals surface area (Å²) in [5.74, 6) is -4.52. The number of hydrogen-bond acceptors (Lipinski definition) is 2. The molecule has 23 heavy (non-hydrogen) atoms. The Morgan fingerprint density at radius 1 is 1.00 bits per heavy atom.